The van der Waals surface area contributed by atoms with Crippen molar-refractivity contribution < 1.29 is 22.3 Å². The van der Waals surface area contributed by atoms with Gasteiger partial charge in [0.15, 0.2) is 5.69 Å². The quantitative estimate of drug-likeness (QED) is 0.418. The first-order valence-corrected chi connectivity index (χ1v) is 11.3. The molecule has 0 saturated heterocycles. The van der Waals surface area contributed by atoms with Crippen LogP contribution in [0.4, 0.5) is 13.2 Å². The summed E-state index contributed by atoms with van der Waals surface area (Å²) >= 11 is 0. The van der Waals surface area contributed by atoms with E-state index in [9.17, 15) is 18.0 Å². The molecule has 4 aromatic rings. The van der Waals surface area contributed by atoms with Gasteiger partial charge in [0.1, 0.15) is 5.75 Å². The average Bonchev–Trinajstić information content (AvgIpc) is 3.53. The van der Waals surface area contributed by atoms with E-state index in [4.69, 9.17) is 9.15 Å². The monoisotopic (exact) mass is 490 g/mol. The predicted octanol–water partition coefficient (Wildman–Crippen LogP) is 4.12. The lowest BCUT2D eigenvalue weighted by Crippen LogP contribution is -2.27. The second-order valence-electron chi connectivity index (χ2n) is 9.03. The summed E-state index contributed by atoms with van der Waals surface area (Å²) in [7, 11) is 4.76. The zero-order chi connectivity index (χ0) is 24.9. The standard InChI is InChI=1S/C23H25F3N6O3/c1-30-12-16(19(29-30)23(24,25)26)21-28-27-20(35-21)14-6-4-13(5-7-14)11-32-18-10-15(34-3)8-9-17(18)31(2)22(32)33/h8-10,12-14H,4-7,11H2,1-3H3/t13-,14-. The van der Waals surface area contributed by atoms with Gasteiger partial charge < -0.3 is 9.15 Å². The summed E-state index contributed by atoms with van der Waals surface area (Å²) in [5.41, 5.74) is 0.331. The van der Waals surface area contributed by atoms with Crippen LogP contribution in [0, 0.1) is 5.92 Å². The van der Waals surface area contributed by atoms with Crippen LogP contribution >= 0.6 is 0 Å². The van der Waals surface area contributed by atoms with Gasteiger partial charge in [-0.2, -0.15) is 18.3 Å². The van der Waals surface area contributed by atoms with E-state index in [1.165, 1.54) is 13.2 Å². The summed E-state index contributed by atoms with van der Waals surface area (Å²) in [5, 5.41) is 11.4. The number of aryl methyl sites for hydroxylation is 2. The lowest BCUT2D eigenvalue weighted by molar-refractivity contribution is -0.141. The number of aromatic nitrogens is 6. The lowest BCUT2D eigenvalue weighted by atomic mass is 9.82. The molecule has 0 N–H and O–H groups in total. The van der Waals surface area contributed by atoms with E-state index >= 15 is 0 Å². The zero-order valence-corrected chi connectivity index (χ0v) is 19.5. The fraction of sp³-hybridized carbons (Fsp3) is 0.478. The number of halogens is 3. The predicted molar refractivity (Wildman–Crippen MR) is 120 cm³/mol. The van der Waals surface area contributed by atoms with E-state index < -0.39 is 11.9 Å². The molecule has 3 aromatic heterocycles. The molecular weight excluding hydrogens is 465 g/mol. The van der Waals surface area contributed by atoms with Crippen molar-refractivity contribution in [1.82, 2.24) is 29.1 Å². The molecule has 3 heterocycles. The first-order chi connectivity index (χ1) is 16.7. The van der Waals surface area contributed by atoms with Gasteiger partial charge >= 0.3 is 11.9 Å². The smallest absolute Gasteiger partial charge is 0.435 e. The molecule has 1 aliphatic rings. The minimum atomic E-state index is -4.62. The summed E-state index contributed by atoms with van der Waals surface area (Å²) in [6, 6.07) is 5.58. The van der Waals surface area contributed by atoms with Crippen LogP contribution in [0.2, 0.25) is 0 Å². The third kappa shape index (κ3) is 4.21. The fourth-order valence-electron chi connectivity index (χ4n) is 4.91. The van der Waals surface area contributed by atoms with E-state index in [-0.39, 0.29) is 29.0 Å². The van der Waals surface area contributed by atoms with Gasteiger partial charge in [0.25, 0.3) is 5.89 Å². The lowest BCUT2D eigenvalue weighted by Gasteiger charge is -2.26. The number of rotatable bonds is 5. The van der Waals surface area contributed by atoms with E-state index in [1.807, 2.05) is 18.2 Å². The Morgan fingerprint density at radius 3 is 2.54 bits per heavy atom. The highest BCUT2D eigenvalue weighted by molar-refractivity contribution is 5.77. The second-order valence-corrected chi connectivity index (χ2v) is 9.03. The van der Waals surface area contributed by atoms with Gasteiger partial charge in [-0.15, -0.1) is 10.2 Å². The maximum absolute atomic E-state index is 13.3. The van der Waals surface area contributed by atoms with E-state index in [2.05, 4.69) is 15.3 Å². The van der Waals surface area contributed by atoms with Crippen molar-refractivity contribution in [2.45, 2.75) is 44.3 Å². The van der Waals surface area contributed by atoms with E-state index in [0.29, 0.717) is 18.2 Å². The number of fused-ring (bicyclic) bond motifs is 1. The van der Waals surface area contributed by atoms with Crippen LogP contribution in [-0.4, -0.2) is 36.2 Å². The highest BCUT2D eigenvalue weighted by atomic mass is 19.4. The van der Waals surface area contributed by atoms with Crippen LogP contribution in [-0.2, 0) is 26.8 Å². The minimum Gasteiger partial charge on any atom is -0.497 e. The van der Waals surface area contributed by atoms with Crippen LogP contribution in [0.15, 0.2) is 33.6 Å². The normalized spacial score (nSPS) is 18.9. The van der Waals surface area contributed by atoms with Crippen molar-refractivity contribution in [2.24, 2.45) is 20.0 Å². The summed E-state index contributed by atoms with van der Waals surface area (Å²) in [5.74, 6) is 1.08. The van der Waals surface area contributed by atoms with Crippen molar-refractivity contribution in [3.8, 4) is 17.2 Å². The SMILES string of the molecule is COc1ccc2c(c1)n(C[C@H]1CC[C@H](c3nnc(-c4cn(C)nc4C(F)(F)F)o3)CC1)c(=O)n2C. The van der Waals surface area contributed by atoms with Crippen molar-refractivity contribution in [2.75, 3.05) is 7.11 Å². The third-order valence-corrected chi connectivity index (χ3v) is 6.76. The van der Waals surface area contributed by atoms with E-state index in [0.717, 1.165) is 41.4 Å². The molecule has 0 unspecified atom stereocenters. The number of hydrogen-bond donors (Lipinski definition) is 0. The molecule has 0 aliphatic heterocycles. The number of ether oxygens (including phenoxy) is 1. The molecule has 1 aromatic carbocycles. The molecule has 35 heavy (non-hydrogen) atoms. The maximum Gasteiger partial charge on any atom is 0.435 e. The minimum absolute atomic E-state index is 0.0390. The molecule has 0 bridgehead atoms. The number of alkyl halides is 3. The highest BCUT2D eigenvalue weighted by Gasteiger charge is 2.39. The van der Waals surface area contributed by atoms with Gasteiger partial charge in [-0.25, -0.2) is 4.79 Å². The number of imidazole rings is 1. The Kier molecular flexibility index (Phi) is 5.68. The topological polar surface area (TPSA) is 92.9 Å². The van der Waals surface area contributed by atoms with Gasteiger partial charge in [-0.05, 0) is 43.7 Å². The Bertz CT molecular complexity index is 1420. The Hall–Kier alpha value is -3.57. The third-order valence-electron chi connectivity index (χ3n) is 6.76. The Balaban J connectivity index is 1.30. The largest absolute Gasteiger partial charge is 0.497 e. The molecule has 186 valence electrons. The van der Waals surface area contributed by atoms with Crippen molar-refractivity contribution in [1.29, 1.82) is 0 Å². The van der Waals surface area contributed by atoms with Crippen LogP contribution < -0.4 is 10.4 Å². The van der Waals surface area contributed by atoms with Gasteiger partial charge in [-0.3, -0.25) is 13.8 Å². The van der Waals surface area contributed by atoms with Crippen molar-refractivity contribution in [3.63, 3.8) is 0 Å². The van der Waals surface area contributed by atoms with Crippen LogP contribution in [0.25, 0.3) is 22.5 Å². The summed E-state index contributed by atoms with van der Waals surface area (Å²) in [6.07, 6.45) is -0.241. The molecule has 5 rings (SSSR count). The molecule has 0 radical (unpaired) electrons. The second kappa shape index (κ2) is 8.58. The zero-order valence-electron chi connectivity index (χ0n) is 19.5. The van der Waals surface area contributed by atoms with Crippen LogP contribution in [0.5, 0.6) is 5.75 Å². The number of hydrogen-bond acceptors (Lipinski definition) is 6. The van der Waals surface area contributed by atoms with Crippen LogP contribution in [0.1, 0.15) is 43.2 Å². The molecule has 0 amide bonds. The number of benzene rings is 1. The first kappa shape index (κ1) is 23.2. The molecule has 0 atom stereocenters. The number of nitrogens with zero attached hydrogens (tertiary/aromatic N) is 6. The highest BCUT2D eigenvalue weighted by Crippen LogP contribution is 2.39. The van der Waals surface area contributed by atoms with E-state index in [1.54, 1.807) is 23.3 Å². The van der Waals surface area contributed by atoms with Gasteiger partial charge in [0.2, 0.25) is 5.89 Å². The molecule has 9 nitrogen and oxygen atoms in total. The Morgan fingerprint density at radius 2 is 1.86 bits per heavy atom. The average molecular weight is 490 g/mol. The molecule has 1 aliphatic carbocycles. The van der Waals surface area contributed by atoms with Gasteiger partial charge in [0, 0.05) is 38.8 Å². The van der Waals surface area contributed by atoms with Crippen molar-refractivity contribution >= 4 is 11.0 Å². The molecule has 0 spiro atoms. The maximum atomic E-state index is 13.3. The Labute approximate surface area is 198 Å². The summed E-state index contributed by atoms with van der Waals surface area (Å²) < 4.78 is 55.4. The molecule has 12 heteroatoms. The number of methoxy groups -OCH3 is 1. The van der Waals surface area contributed by atoms with Gasteiger partial charge in [0.05, 0.1) is 23.7 Å². The Morgan fingerprint density at radius 1 is 1.11 bits per heavy atom. The summed E-state index contributed by atoms with van der Waals surface area (Å²) in [6.45, 7) is 0.579. The molecular formula is C23H25F3N6O3. The molecule has 1 saturated carbocycles. The van der Waals surface area contributed by atoms with Gasteiger partial charge in [-0.1, -0.05) is 0 Å². The van der Waals surface area contributed by atoms with Crippen molar-refractivity contribution in [3.05, 3.63) is 46.5 Å². The first-order valence-electron chi connectivity index (χ1n) is 11.3. The van der Waals surface area contributed by atoms with Crippen LogP contribution in [0.3, 0.4) is 0 Å². The fourth-order valence-corrected chi connectivity index (χ4v) is 4.91. The molecule has 1 fully saturated rings. The summed E-state index contributed by atoms with van der Waals surface area (Å²) in [4.78, 5) is 12.8.